The van der Waals surface area contributed by atoms with Crippen LogP contribution in [0.5, 0.6) is 0 Å². The van der Waals surface area contributed by atoms with Crippen LogP contribution in [0.2, 0.25) is 0 Å². The molecule has 7 heteroatoms. The van der Waals surface area contributed by atoms with Gasteiger partial charge in [-0.05, 0) is 39.2 Å². The van der Waals surface area contributed by atoms with Gasteiger partial charge in [0.05, 0.1) is 6.54 Å². The number of benzene rings is 1. The highest BCUT2D eigenvalue weighted by Gasteiger charge is 2.25. The third kappa shape index (κ3) is 4.03. The summed E-state index contributed by atoms with van der Waals surface area (Å²) in [5.74, 6) is 1.46. The zero-order valence-corrected chi connectivity index (χ0v) is 18.0. The molecule has 4 rings (SSSR count). The number of anilines is 1. The second-order valence-corrected chi connectivity index (χ2v) is 8.36. The van der Waals surface area contributed by atoms with Crippen molar-refractivity contribution >= 4 is 17.1 Å². The van der Waals surface area contributed by atoms with Crippen molar-refractivity contribution in [2.24, 2.45) is 5.73 Å². The molecular formula is C23H30N6O. The van der Waals surface area contributed by atoms with Gasteiger partial charge in [0.25, 0.3) is 5.56 Å². The first kappa shape index (κ1) is 20.3. The molecule has 1 aliphatic heterocycles. The molecule has 1 unspecified atom stereocenters. The molecule has 0 amide bonds. The van der Waals surface area contributed by atoms with Crippen LogP contribution in [-0.2, 0) is 13.1 Å². The maximum Gasteiger partial charge on any atom is 0.280 e. The van der Waals surface area contributed by atoms with E-state index in [1.165, 1.54) is 5.57 Å². The first-order valence-corrected chi connectivity index (χ1v) is 10.6. The van der Waals surface area contributed by atoms with Crippen LogP contribution < -0.4 is 16.2 Å². The Kier molecular flexibility index (Phi) is 5.72. The van der Waals surface area contributed by atoms with Crippen LogP contribution in [-0.4, -0.2) is 38.2 Å². The quantitative estimate of drug-likeness (QED) is 0.659. The van der Waals surface area contributed by atoms with Crippen LogP contribution in [0.15, 0.2) is 46.8 Å². The average Bonchev–Trinajstić information content (AvgIpc) is 3.08. The van der Waals surface area contributed by atoms with Crippen LogP contribution in [0.3, 0.4) is 0 Å². The first-order valence-electron chi connectivity index (χ1n) is 10.6. The van der Waals surface area contributed by atoms with Crippen molar-refractivity contribution in [2.45, 2.75) is 52.7 Å². The number of aryl methyl sites for hydroxylation is 1. The Morgan fingerprint density at radius 3 is 2.67 bits per heavy atom. The van der Waals surface area contributed by atoms with Gasteiger partial charge in [0, 0.05) is 25.7 Å². The highest BCUT2D eigenvalue weighted by Crippen LogP contribution is 2.23. The lowest BCUT2D eigenvalue weighted by atomic mass is 10.1. The Morgan fingerprint density at radius 1 is 1.20 bits per heavy atom. The molecular weight excluding hydrogens is 376 g/mol. The number of nitrogens with two attached hydrogens (primary N) is 1. The van der Waals surface area contributed by atoms with Crippen molar-refractivity contribution in [1.82, 2.24) is 19.1 Å². The molecule has 7 nitrogen and oxygen atoms in total. The number of rotatable bonds is 5. The summed E-state index contributed by atoms with van der Waals surface area (Å²) in [4.78, 5) is 25.3. The molecule has 30 heavy (non-hydrogen) atoms. The van der Waals surface area contributed by atoms with Crippen molar-refractivity contribution in [3.8, 4) is 0 Å². The number of fused-ring (bicyclic) bond motifs is 1. The van der Waals surface area contributed by atoms with E-state index >= 15 is 0 Å². The lowest BCUT2D eigenvalue weighted by molar-refractivity contribution is 0.495. The first-order chi connectivity index (χ1) is 14.4. The fraction of sp³-hybridized carbons (Fsp3) is 0.435. The number of allylic oxidation sites excluding steroid dienone is 2. The normalized spacial score (nSPS) is 16.8. The summed E-state index contributed by atoms with van der Waals surface area (Å²) >= 11 is 0. The van der Waals surface area contributed by atoms with Crippen molar-refractivity contribution in [3.63, 3.8) is 0 Å². The highest BCUT2D eigenvalue weighted by molar-refractivity contribution is 5.74. The molecule has 1 aliphatic rings. The van der Waals surface area contributed by atoms with Crippen LogP contribution >= 0.6 is 0 Å². The molecule has 2 aromatic heterocycles. The van der Waals surface area contributed by atoms with Gasteiger partial charge in [-0.3, -0.25) is 9.36 Å². The largest absolute Gasteiger partial charge is 0.341 e. The summed E-state index contributed by atoms with van der Waals surface area (Å²) in [6.45, 7) is 8.71. The Bertz CT molecular complexity index is 1120. The van der Waals surface area contributed by atoms with E-state index in [0.717, 1.165) is 37.4 Å². The van der Waals surface area contributed by atoms with E-state index in [1.54, 1.807) is 4.57 Å². The van der Waals surface area contributed by atoms with E-state index in [0.29, 0.717) is 30.1 Å². The summed E-state index contributed by atoms with van der Waals surface area (Å²) < 4.78 is 3.75. The van der Waals surface area contributed by atoms with E-state index in [1.807, 2.05) is 41.8 Å². The van der Waals surface area contributed by atoms with Gasteiger partial charge >= 0.3 is 0 Å². The Balaban J connectivity index is 1.86. The second kappa shape index (κ2) is 8.44. The van der Waals surface area contributed by atoms with E-state index in [9.17, 15) is 4.79 Å². The lowest BCUT2D eigenvalue weighted by Gasteiger charge is -2.31. The summed E-state index contributed by atoms with van der Waals surface area (Å²) in [7, 11) is 0. The molecule has 1 saturated heterocycles. The van der Waals surface area contributed by atoms with Gasteiger partial charge in [-0.15, -0.1) is 0 Å². The Labute approximate surface area is 176 Å². The molecule has 3 heterocycles. The second-order valence-electron chi connectivity index (χ2n) is 8.36. The molecule has 0 bridgehead atoms. The minimum atomic E-state index is -0.0523. The number of hydrogen-bond donors (Lipinski definition) is 1. The predicted molar refractivity (Wildman–Crippen MR) is 121 cm³/mol. The molecule has 2 N–H and O–H groups in total. The average molecular weight is 407 g/mol. The molecule has 0 aliphatic carbocycles. The third-order valence-corrected chi connectivity index (χ3v) is 5.64. The minimum Gasteiger partial charge on any atom is -0.341 e. The van der Waals surface area contributed by atoms with Crippen molar-refractivity contribution in [3.05, 3.63) is 63.7 Å². The molecule has 1 aromatic carbocycles. The number of nitrogens with zero attached hydrogens (tertiary/aromatic N) is 5. The molecule has 1 fully saturated rings. The number of piperidine rings is 1. The van der Waals surface area contributed by atoms with Crippen LogP contribution in [0.4, 0.5) is 5.95 Å². The third-order valence-electron chi connectivity index (χ3n) is 5.64. The highest BCUT2D eigenvalue weighted by atomic mass is 16.1. The standard InChI is InChI=1S/C23H30N6O/c1-16(2)11-13-28-20-21(26-23(28)27-12-7-10-19(24)15-27)25-17(3)29(22(20)30)14-18-8-5-4-6-9-18/h4-6,8-9,11,19H,7,10,12-15,24H2,1-3H3. The molecule has 0 radical (unpaired) electrons. The minimum absolute atomic E-state index is 0.0523. The fourth-order valence-corrected chi connectivity index (χ4v) is 4.04. The van der Waals surface area contributed by atoms with Crippen LogP contribution in [0, 0.1) is 6.92 Å². The predicted octanol–water partition coefficient (Wildman–Crippen LogP) is 2.84. The van der Waals surface area contributed by atoms with Gasteiger partial charge in [0.2, 0.25) is 5.95 Å². The lowest BCUT2D eigenvalue weighted by Crippen LogP contribution is -2.44. The molecule has 1 atom stereocenters. The van der Waals surface area contributed by atoms with Gasteiger partial charge < -0.3 is 15.2 Å². The summed E-state index contributed by atoms with van der Waals surface area (Å²) in [5.41, 5.74) is 9.51. The van der Waals surface area contributed by atoms with E-state index in [-0.39, 0.29) is 11.6 Å². The maximum absolute atomic E-state index is 13.6. The fourth-order valence-electron chi connectivity index (χ4n) is 4.04. The van der Waals surface area contributed by atoms with Gasteiger partial charge in [-0.2, -0.15) is 4.98 Å². The van der Waals surface area contributed by atoms with Crippen molar-refractivity contribution in [1.29, 1.82) is 0 Å². The van der Waals surface area contributed by atoms with Crippen molar-refractivity contribution < 1.29 is 0 Å². The maximum atomic E-state index is 13.6. The summed E-state index contributed by atoms with van der Waals surface area (Å²) in [5, 5.41) is 0. The van der Waals surface area contributed by atoms with Gasteiger partial charge in [0.15, 0.2) is 11.2 Å². The number of imidazole rings is 1. The Hall–Kier alpha value is -2.93. The topological polar surface area (TPSA) is 82.0 Å². The van der Waals surface area contributed by atoms with E-state index in [4.69, 9.17) is 15.7 Å². The summed E-state index contributed by atoms with van der Waals surface area (Å²) in [6.07, 6.45) is 4.17. The monoisotopic (exact) mass is 406 g/mol. The molecule has 3 aromatic rings. The summed E-state index contributed by atoms with van der Waals surface area (Å²) in [6, 6.07) is 10.1. The smallest absolute Gasteiger partial charge is 0.280 e. The van der Waals surface area contributed by atoms with Crippen molar-refractivity contribution in [2.75, 3.05) is 18.0 Å². The SMILES string of the molecule is CC(C)=CCn1c(N2CCCC(N)C2)nc2nc(C)n(Cc3ccccc3)c(=O)c21. The molecule has 158 valence electrons. The number of hydrogen-bond acceptors (Lipinski definition) is 5. The van der Waals surface area contributed by atoms with Gasteiger partial charge in [0.1, 0.15) is 5.82 Å². The van der Waals surface area contributed by atoms with Gasteiger partial charge in [-0.1, -0.05) is 42.0 Å². The number of aromatic nitrogens is 4. The van der Waals surface area contributed by atoms with Gasteiger partial charge in [-0.25, -0.2) is 4.98 Å². The van der Waals surface area contributed by atoms with Crippen LogP contribution in [0.1, 0.15) is 38.1 Å². The van der Waals surface area contributed by atoms with E-state index in [2.05, 4.69) is 24.8 Å². The zero-order chi connectivity index (χ0) is 21.3. The molecule has 0 saturated carbocycles. The zero-order valence-electron chi connectivity index (χ0n) is 18.0. The Morgan fingerprint density at radius 2 is 1.97 bits per heavy atom. The van der Waals surface area contributed by atoms with Crippen LogP contribution in [0.25, 0.3) is 11.2 Å². The van der Waals surface area contributed by atoms with E-state index < -0.39 is 0 Å². The molecule has 0 spiro atoms.